The number of sulfonamides is 1. The maximum Gasteiger partial charge on any atom is 0.250 e. The van der Waals surface area contributed by atoms with Crippen LogP contribution in [0, 0.1) is 5.92 Å². The van der Waals surface area contributed by atoms with Gasteiger partial charge in [-0.2, -0.15) is 0 Å². The second kappa shape index (κ2) is 11.6. The number of carbonyl (C=O) groups is 1. The zero-order valence-electron chi connectivity index (χ0n) is 22.0. The fourth-order valence-corrected chi connectivity index (χ4v) is 7.02. The van der Waals surface area contributed by atoms with E-state index in [9.17, 15) is 13.2 Å². The van der Waals surface area contributed by atoms with E-state index in [2.05, 4.69) is 40.6 Å². The van der Waals surface area contributed by atoms with E-state index in [0.29, 0.717) is 31.7 Å². The molecule has 1 saturated carbocycles. The number of nitrogens with zero attached hydrogens (tertiary/aromatic N) is 1. The summed E-state index contributed by atoms with van der Waals surface area (Å²) in [5.74, 6) is 0.667. The molecule has 9 heteroatoms. The number of ether oxygens (including phenoxy) is 1. The first-order valence-electron chi connectivity index (χ1n) is 13.6. The molecule has 2 heterocycles. The van der Waals surface area contributed by atoms with Crippen LogP contribution in [-0.2, 0) is 21.3 Å². The van der Waals surface area contributed by atoms with Crippen LogP contribution in [0.25, 0.3) is 22.0 Å². The highest BCUT2D eigenvalue weighted by molar-refractivity contribution is 7.89. The SMILES string of the molecule is COCCCS(=O)(=O)N1CCC(c2c[nH]c3c(C(N)=O)cc(-c4cccc(CNCC5CC5)c4)cc23)CC1. The van der Waals surface area contributed by atoms with Crippen molar-refractivity contribution in [3.63, 3.8) is 0 Å². The van der Waals surface area contributed by atoms with Crippen molar-refractivity contribution in [3.8, 4) is 11.1 Å². The lowest BCUT2D eigenvalue weighted by molar-refractivity contribution is 0.100. The van der Waals surface area contributed by atoms with Crippen molar-refractivity contribution >= 4 is 26.8 Å². The first-order valence-corrected chi connectivity index (χ1v) is 15.2. The molecule has 0 atom stereocenters. The van der Waals surface area contributed by atoms with Gasteiger partial charge in [0.25, 0.3) is 5.91 Å². The molecular weight excluding hydrogens is 500 g/mol. The number of piperidine rings is 1. The zero-order chi connectivity index (χ0) is 26.7. The number of aromatic nitrogens is 1. The lowest BCUT2D eigenvalue weighted by Crippen LogP contribution is -2.39. The molecule has 4 N–H and O–H groups in total. The summed E-state index contributed by atoms with van der Waals surface area (Å²) in [4.78, 5) is 15.7. The van der Waals surface area contributed by atoms with Gasteiger partial charge in [-0.3, -0.25) is 4.79 Å². The Morgan fingerprint density at radius 2 is 1.92 bits per heavy atom. The lowest BCUT2D eigenvalue weighted by atomic mass is 9.88. The van der Waals surface area contributed by atoms with Gasteiger partial charge in [0.05, 0.1) is 16.8 Å². The van der Waals surface area contributed by atoms with Crippen LogP contribution in [-0.4, -0.2) is 62.7 Å². The Balaban J connectivity index is 1.37. The molecule has 2 aliphatic rings. The molecule has 0 bridgehead atoms. The fourth-order valence-electron chi connectivity index (χ4n) is 5.51. The van der Waals surface area contributed by atoms with E-state index < -0.39 is 15.9 Å². The number of primary amides is 1. The highest BCUT2D eigenvalue weighted by Gasteiger charge is 2.30. The normalized spacial score (nSPS) is 17.3. The fraction of sp³-hybridized carbons (Fsp3) is 0.483. The topological polar surface area (TPSA) is 118 Å². The zero-order valence-corrected chi connectivity index (χ0v) is 22.9. The number of amides is 1. The predicted molar refractivity (Wildman–Crippen MR) is 151 cm³/mol. The quantitative estimate of drug-likeness (QED) is 0.302. The van der Waals surface area contributed by atoms with Gasteiger partial charge in [0.15, 0.2) is 0 Å². The molecular formula is C29H38N4O4S. The van der Waals surface area contributed by atoms with Crippen LogP contribution in [0.15, 0.2) is 42.6 Å². The molecule has 0 spiro atoms. The summed E-state index contributed by atoms with van der Waals surface area (Å²) < 4.78 is 32.1. The Kier molecular flexibility index (Phi) is 8.18. The number of H-pyrrole nitrogens is 1. The molecule has 0 unspecified atom stereocenters. The Bertz CT molecular complexity index is 1390. The second-order valence-corrected chi connectivity index (χ2v) is 12.8. The smallest absolute Gasteiger partial charge is 0.250 e. The Labute approximate surface area is 225 Å². The summed E-state index contributed by atoms with van der Waals surface area (Å²) in [6, 6.07) is 12.4. The van der Waals surface area contributed by atoms with Gasteiger partial charge in [-0.25, -0.2) is 12.7 Å². The van der Waals surface area contributed by atoms with E-state index in [4.69, 9.17) is 10.5 Å². The number of nitrogens with one attached hydrogen (secondary N) is 2. The molecule has 2 fully saturated rings. The third kappa shape index (κ3) is 6.12. The van der Waals surface area contributed by atoms with E-state index in [-0.39, 0.29) is 11.7 Å². The molecule has 1 saturated heterocycles. The van der Waals surface area contributed by atoms with E-state index in [0.717, 1.165) is 59.4 Å². The second-order valence-electron chi connectivity index (χ2n) is 10.7. The van der Waals surface area contributed by atoms with Crippen molar-refractivity contribution in [2.75, 3.05) is 39.1 Å². The van der Waals surface area contributed by atoms with Gasteiger partial charge in [-0.05, 0) is 90.9 Å². The van der Waals surface area contributed by atoms with Gasteiger partial charge in [-0.15, -0.1) is 0 Å². The average Bonchev–Trinajstić information content (AvgIpc) is 3.64. The molecule has 2 aromatic carbocycles. The Morgan fingerprint density at radius 3 is 2.63 bits per heavy atom. The Hall–Kier alpha value is -2.72. The van der Waals surface area contributed by atoms with Gasteiger partial charge in [0.2, 0.25) is 10.0 Å². The summed E-state index contributed by atoms with van der Waals surface area (Å²) in [6.07, 6.45) is 6.57. The first-order chi connectivity index (χ1) is 18.4. The highest BCUT2D eigenvalue weighted by atomic mass is 32.2. The van der Waals surface area contributed by atoms with Crippen molar-refractivity contribution in [1.82, 2.24) is 14.6 Å². The number of carbonyl (C=O) groups excluding carboxylic acids is 1. The molecule has 1 aliphatic heterocycles. The third-order valence-corrected chi connectivity index (χ3v) is 9.80. The minimum absolute atomic E-state index is 0.110. The van der Waals surface area contributed by atoms with E-state index in [1.54, 1.807) is 11.4 Å². The van der Waals surface area contributed by atoms with Gasteiger partial charge >= 0.3 is 0 Å². The van der Waals surface area contributed by atoms with Gasteiger partial charge in [0.1, 0.15) is 0 Å². The summed E-state index contributed by atoms with van der Waals surface area (Å²) in [7, 11) is -1.70. The molecule has 1 aliphatic carbocycles. The summed E-state index contributed by atoms with van der Waals surface area (Å²) in [5.41, 5.74) is 11.3. The maximum atomic E-state index is 12.7. The van der Waals surface area contributed by atoms with E-state index in [1.807, 2.05) is 12.3 Å². The van der Waals surface area contributed by atoms with Crippen LogP contribution in [0.1, 0.15) is 59.5 Å². The molecule has 5 rings (SSSR count). The van der Waals surface area contributed by atoms with Crippen molar-refractivity contribution in [2.45, 2.75) is 44.6 Å². The monoisotopic (exact) mass is 538 g/mol. The molecule has 3 aromatic rings. The number of fused-ring (bicyclic) bond motifs is 1. The Morgan fingerprint density at radius 1 is 1.13 bits per heavy atom. The van der Waals surface area contributed by atoms with Crippen molar-refractivity contribution < 1.29 is 17.9 Å². The summed E-state index contributed by atoms with van der Waals surface area (Å²) in [6.45, 7) is 3.30. The minimum atomic E-state index is -3.28. The molecule has 1 amide bonds. The van der Waals surface area contributed by atoms with Gasteiger partial charge < -0.3 is 20.8 Å². The summed E-state index contributed by atoms with van der Waals surface area (Å²) in [5, 5.41) is 4.53. The van der Waals surface area contributed by atoms with E-state index >= 15 is 0 Å². The maximum absolute atomic E-state index is 12.7. The van der Waals surface area contributed by atoms with Crippen LogP contribution < -0.4 is 11.1 Å². The van der Waals surface area contributed by atoms with Gasteiger partial charge in [-0.1, -0.05) is 18.2 Å². The lowest BCUT2D eigenvalue weighted by Gasteiger charge is -2.31. The minimum Gasteiger partial charge on any atom is -0.385 e. The largest absolute Gasteiger partial charge is 0.385 e. The van der Waals surface area contributed by atoms with Crippen LogP contribution in [0.4, 0.5) is 0 Å². The third-order valence-electron chi connectivity index (χ3n) is 7.84. The molecule has 0 radical (unpaired) electrons. The number of hydrogen-bond acceptors (Lipinski definition) is 5. The number of rotatable bonds is 12. The molecule has 204 valence electrons. The number of nitrogens with two attached hydrogens (primary N) is 1. The van der Waals surface area contributed by atoms with Crippen LogP contribution in [0.5, 0.6) is 0 Å². The predicted octanol–water partition coefficient (Wildman–Crippen LogP) is 3.98. The van der Waals surface area contributed by atoms with Crippen molar-refractivity contribution in [3.05, 3.63) is 59.3 Å². The molecule has 1 aromatic heterocycles. The number of aromatic amines is 1. The average molecular weight is 539 g/mol. The molecule has 8 nitrogen and oxygen atoms in total. The van der Waals surface area contributed by atoms with Crippen LogP contribution in [0.3, 0.4) is 0 Å². The number of methoxy groups -OCH3 is 1. The summed E-state index contributed by atoms with van der Waals surface area (Å²) >= 11 is 0. The first kappa shape index (κ1) is 26.9. The highest BCUT2D eigenvalue weighted by Crippen LogP contribution is 2.37. The number of hydrogen-bond donors (Lipinski definition) is 3. The standard InChI is InChI=1S/C29H38N4O4S/c1-37-12-3-13-38(35,36)33-10-8-22(9-11-33)27-19-32-28-25(27)15-24(16-26(28)29(30)34)23-5-2-4-21(14-23)18-31-17-20-6-7-20/h2,4-5,14-16,19-20,22,31-32H,3,6-13,17-18H2,1H3,(H2,30,34). The van der Waals surface area contributed by atoms with Crippen LogP contribution >= 0.6 is 0 Å². The van der Waals surface area contributed by atoms with Gasteiger partial charge in [0, 0.05) is 44.9 Å². The number of benzene rings is 2. The molecule has 38 heavy (non-hydrogen) atoms. The van der Waals surface area contributed by atoms with Crippen molar-refractivity contribution in [1.29, 1.82) is 0 Å². The van der Waals surface area contributed by atoms with Crippen LogP contribution in [0.2, 0.25) is 0 Å². The van der Waals surface area contributed by atoms with Crippen molar-refractivity contribution in [2.24, 2.45) is 11.7 Å². The van der Waals surface area contributed by atoms with E-state index in [1.165, 1.54) is 18.4 Å².